The van der Waals surface area contributed by atoms with E-state index in [1.54, 1.807) is 7.11 Å². The highest BCUT2D eigenvalue weighted by molar-refractivity contribution is 5.55. The first kappa shape index (κ1) is 9.06. The quantitative estimate of drug-likeness (QED) is 0.684. The minimum atomic E-state index is 0.192. The zero-order chi connectivity index (χ0) is 9.97. The number of ether oxygens (including phenoxy) is 2. The maximum Gasteiger partial charge on any atom is 0.123 e. The van der Waals surface area contributed by atoms with Gasteiger partial charge in [0.05, 0.1) is 13.7 Å². The molecule has 3 nitrogen and oxygen atoms in total. The molecule has 0 spiro atoms. The van der Waals surface area contributed by atoms with Crippen LogP contribution in [0, 0.1) is 0 Å². The average molecular weight is 192 g/mol. The molecule has 0 aliphatic carbocycles. The van der Waals surface area contributed by atoms with Gasteiger partial charge in [-0.25, -0.2) is 0 Å². The molecule has 3 heteroatoms. The Balaban J connectivity index is 2.31. The van der Waals surface area contributed by atoms with Gasteiger partial charge in [0.1, 0.15) is 17.8 Å². The minimum absolute atomic E-state index is 0.192. The van der Waals surface area contributed by atoms with E-state index >= 15 is 0 Å². The Morgan fingerprint density at radius 1 is 1.64 bits per heavy atom. The van der Waals surface area contributed by atoms with Crippen LogP contribution in [0.25, 0.3) is 0 Å². The lowest BCUT2D eigenvalue weighted by Gasteiger charge is -2.05. The Morgan fingerprint density at radius 3 is 3.21 bits per heavy atom. The van der Waals surface area contributed by atoms with Gasteiger partial charge >= 0.3 is 0 Å². The van der Waals surface area contributed by atoms with Crippen LogP contribution in [0.5, 0.6) is 11.5 Å². The first-order valence-corrected chi connectivity index (χ1v) is 4.59. The SMILES string of the molecule is COc1ccc2c(c1)C(CC=O)CO2. The second-order valence-electron chi connectivity index (χ2n) is 3.31. The fraction of sp³-hybridized carbons (Fsp3) is 0.364. The van der Waals surface area contributed by atoms with E-state index < -0.39 is 0 Å². The summed E-state index contributed by atoms with van der Waals surface area (Å²) in [5, 5.41) is 0. The first-order chi connectivity index (χ1) is 6.85. The molecule has 0 radical (unpaired) electrons. The number of hydrogen-bond acceptors (Lipinski definition) is 3. The molecule has 1 aliphatic heterocycles. The zero-order valence-corrected chi connectivity index (χ0v) is 8.03. The molecule has 2 rings (SSSR count). The molecule has 1 atom stereocenters. The van der Waals surface area contributed by atoms with E-state index in [0.717, 1.165) is 23.3 Å². The number of fused-ring (bicyclic) bond motifs is 1. The van der Waals surface area contributed by atoms with Crippen molar-refractivity contribution in [3.8, 4) is 11.5 Å². The van der Waals surface area contributed by atoms with Crippen molar-refractivity contribution >= 4 is 6.29 Å². The van der Waals surface area contributed by atoms with Gasteiger partial charge in [-0.1, -0.05) is 0 Å². The monoisotopic (exact) mass is 192 g/mol. The Hall–Kier alpha value is -1.51. The van der Waals surface area contributed by atoms with E-state index in [2.05, 4.69) is 0 Å². The van der Waals surface area contributed by atoms with Crippen LogP contribution >= 0.6 is 0 Å². The molecular weight excluding hydrogens is 180 g/mol. The van der Waals surface area contributed by atoms with Crippen molar-refractivity contribution in [1.82, 2.24) is 0 Å². The summed E-state index contributed by atoms with van der Waals surface area (Å²) in [6.07, 6.45) is 1.45. The summed E-state index contributed by atoms with van der Waals surface area (Å²) in [5.41, 5.74) is 1.08. The molecular formula is C11H12O3. The van der Waals surface area contributed by atoms with Crippen molar-refractivity contribution < 1.29 is 14.3 Å². The van der Waals surface area contributed by atoms with Crippen LogP contribution < -0.4 is 9.47 Å². The van der Waals surface area contributed by atoms with Crippen LogP contribution in [0.4, 0.5) is 0 Å². The average Bonchev–Trinajstić information content (AvgIpc) is 2.61. The standard InChI is InChI=1S/C11H12O3/c1-13-9-2-3-11-10(6-9)8(4-5-12)7-14-11/h2-3,5-6,8H,4,7H2,1H3. The zero-order valence-electron chi connectivity index (χ0n) is 8.03. The highest BCUT2D eigenvalue weighted by Crippen LogP contribution is 2.37. The Labute approximate surface area is 82.6 Å². The lowest BCUT2D eigenvalue weighted by molar-refractivity contribution is -0.108. The van der Waals surface area contributed by atoms with Crippen molar-refractivity contribution in [2.45, 2.75) is 12.3 Å². The summed E-state index contributed by atoms with van der Waals surface area (Å²) in [7, 11) is 1.63. The van der Waals surface area contributed by atoms with Gasteiger partial charge in [-0.15, -0.1) is 0 Å². The molecule has 1 aromatic carbocycles. The van der Waals surface area contributed by atoms with E-state index in [-0.39, 0.29) is 5.92 Å². The van der Waals surface area contributed by atoms with E-state index in [0.29, 0.717) is 13.0 Å². The molecule has 1 heterocycles. The van der Waals surface area contributed by atoms with Crippen molar-refractivity contribution in [3.05, 3.63) is 23.8 Å². The van der Waals surface area contributed by atoms with E-state index in [1.807, 2.05) is 18.2 Å². The topological polar surface area (TPSA) is 35.5 Å². The van der Waals surface area contributed by atoms with Crippen molar-refractivity contribution in [3.63, 3.8) is 0 Å². The smallest absolute Gasteiger partial charge is 0.123 e. The summed E-state index contributed by atoms with van der Waals surface area (Å²) < 4.78 is 10.6. The lowest BCUT2D eigenvalue weighted by atomic mass is 9.98. The third-order valence-electron chi connectivity index (χ3n) is 2.48. The molecule has 0 aromatic heterocycles. The highest BCUT2D eigenvalue weighted by atomic mass is 16.5. The van der Waals surface area contributed by atoms with Crippen LogP contribution in [0.2, 0.25) is 0 Å². The molecule has 1 aliphatic rings. The van der Waals surface area contributed by atoms with Crippen LogP contribution in [0.3, 0.4) is 0 Å². The maximum atomic E-state index is 10.4. The van der Waals surface area contributed by atoms with Crippen LogP contribution in [-0.4, -0.2) is 20.0 Å². The number of rotatable bonds is 3. The molecule has 1 unspecified atom stereocenters. The molecule has 14 heavy (non-hydrogen) atoms. The fourth-order valence-electron chi connectivity index (χ4n) is 1.70. The number of aldehydes is 1. The molecule has 0 amide bonds. The Morgan fingerprint density at radius 2 is 2.50 bits per heavy atom. The summed E-state index contributed by atoms with van der Waals surface area (Å²) in [4.78, 5) is 10.4. The third kappa shape index (κ3) is 1.45. The molecule has 0 saturated carbocycles. The summed E-state index contributed by atoms with van der Waals surface area (Å²) >= 11 is 0. The predicted molar refractivity (Wildman–Crippen MR) is 51.9 cm³/mol. The number of carbonyl (C=O) groups is 1. The second-order valence-corrected chi connectivity index (χ2v) is 3.31. The van der Waals surface area contributed by atoms with E-state index in [9.17, 15) is 4.79 Å². The van der Waals surface area contributed by atoms with Crippen molar-refractivity contribution in [2.75, 3.05) is 13.7 Å². The van der Waals surface area contributed by atoms with Crippen molar-refractivity contribution in [2.24, 2.45) is 0 Å². The molecule has 74 valence electrons. The molecule has 0 saturated heterocycles. The Kier molecular flexibility index (Phi) is 2.39. The number of hydrogen-bond donors (Lipinski definition) is 0. The third-order valence-corrected chi connectivity index (χ3v) is 2.48. The number of methoxy groups -OCH3 is 1. The molecule has 1 aromatic rings. The van der Waals surface area contributed by atoms with Crippen LogP contribution in [0.15, 0.2) is 18.2 Å². The van der Waals surface area contributed by atoms with E-state index in [4.69, 9.17) is 9.47 Å². The molecule has 0 bridgehead atoms. The largest absolute Gasteiger partial charge is 0.497 e. The Bertz CT molecular complexity index is 346. The fourth-order valence-corrected chi connectivity index (χ4v) is 1.70. The predicted octanol–water partition coefficient (Wildman–Crippen LogP) is 1.76. The van der Waals surface area contributed by atoms with Gasteiger partial charge < -0.3 is 14.3 Å². The van der Waals surface area contributed by atoms with Gasteiger partial charge in [-0.05, 0) is 18.2 Å². The van der Waals surface area contributed by atoms with Gasteiger partial charge in [0.15, 0.2) is 0 Å². The molecule has 0 N–H and O–H groups in total. The lowest BCUT2D eigenvalue weighted by Crippen LogP contribution is -2.00. The van der Waals surface area contributed by atoms with Crippen LogP contribution in [-0.2, 0) is 4.79 Å². The summed E-state index contributed by atoms with van der Waals surface area (Å²) in [6.45, 7) is 0.598. The molecule has 0 fully saturated rings. The van der Waals surface area contributed by atoms with Gasteiger partial charge in [-0.2, -0.15) is 0 Å². The van der Waals surface area contributed by atoms with Gasteiger partial charge in [0, 0.05) is 17.9 Å². The van der Waals surface area contributed by atoms with Gasteiger partial charge in [-0.3, -0.25) is 0 Å². The highest BCUT2D eigenvalue weighted by Gasteiger charge is 2.23. The number of benzene rings is 1. The normalized spacial score (nSPS) is 18.5. The van der Waals surface area contributed by atoms with E-state index in [1.165, 1.54) is 0 Å². The minimum Gasteiger partial charge on any atom is -0.497 e. The van der Waals surface area contributed by atoms with Crippen LogP contribution in [0.1, 0.15) is 17.9 Å². The van der Waals surface area contributed by atoms with Gasteiger partial charge in [0.2, 0.25) is 0 Å². The van der Waals surface area contributed by atoms with Gasteiger partial charge in [0.25, 0.3) is 0 Å². The number of carbonyl (C=O) groups excluding carboxylic acids is 1. The van der Waals surface area contributed by atoms with Crippen molar-refractivity contribution in [1.29, 1.82) is 0 Å². The summed E-state index contributed by atoms with van der Waals surface area (Å²) in [6, 6.07) is 5.69. The second kappa shape index (κ2) is 3.70. The maximum absolute atomic E-state index is 10.4. The first-order valence-electron chi connectivity index (χ1n) is 4.59. The summed E-state index contributed by atoms with van der Waals surface area (Å²) in [5.74, 6) is 1.88.